The van der Waals surface area contributed by atoms with Crippen LogP contribution in [0, 0.1) is 12.9 Å². The van der Waals surface area contributed by atoms with Gasteiger partial charge in [-0.2, -0.15) is 9.13 Å². The van der Waals surface area contributed by atoms with Gasteiger partial charge in [0.1, 0.15) is 5.76 Å². The second-order valence-corrected chi connectivity index (χ2v) is 8.66. The van der Waals surface area contributed by atoms with Crippen LogP contribution in [0.2, 0.25) is 0 Å². The largest absolute Gasteiger partial charge is 0.381 e. The molecule has 0 radical (unpaired) electrons. The minimum Gasteiger partial charge on any atom is -0.381 e. The van der Waals surface area contributed by atoms with E-state index in [1.807, 2.05) is 11.5 Å². The van der Waals surface area contributed by atoms with Crippen LogP contribution >= 0.6 is 0 Å². The van der Waals surface area contributed by atoms with Crippen LogP contribution in [0.25, 0.3) is 33.4 Å². The predicted octanol–water partition coefficient (Wildman–Crippen LogP) is 3.88. The van der Waals surface area contributed by atoms with E-state index in [2.05, 4.69) is 15.3 Å². The molecule has 0 unspecified atom stereocenters. The summed E-state index contributed by atoms with van der Waals surface area (Å²) in [5, 5.41) is 3.13. The van der Waals surface area contributed by atoms with Gasteiger partial charge in [0, 0.05) is 48.1 Å². The lowest BCUT2D eigenvalue weighted by molar-refractivity contribution is 0.0995. The lowest BCUT2D eigenvalue weighted by Gasteiger charge is -2.11. The molecule has 0 fully saturated rings. The predicted molar refractivity (Wildman–Crippen MR) is 139 cm³/mol. The third kappa shape index (κ3) is 4.23. The first kappa shape index (κ1) is 24.6. The fourth-order valence-electron chi connectivity index (χ4n) is 4.52. The molecule has 1 aromatic carbocycles. The summed E-state index contributed by atoms with van der Waals surface area (Å²) < 4.78 is 22.9. The molecule has 11 heteroatoms. The number of hydrogen-bond donors (Lipinski definition) is 2. The third-order valence-corrected chi connectivity index (χ3v) is 6.22. The maximum absolute atomic E-state index is 14.5. The zero-order chi connectivity index (χ0) is 27.1. The number of amides is 2. The molecule has 0 atom stereocenters. The number of primary amides is 1. The molecule has 10 nitrogen and oxygen atoms in total. The van der Waals surface area contributed by atoms with E-state index < -0.39 is 17.8 Å². The monoisotopic (exact) mass is 514 g/mol. The second-order valence-electron chi connectivity index (χ2n) is 8.66. The highest BCUT2D eigenvalue weighted by Crippen LogP contribution is 2.31. The molecule has 2 amide bonds. The normalized spacial score (nSPS) is 11.2. The molecule has 0 aliphatic heterocycles. The van der Waals surface area contributed by atoms with Crippen LogP contribution in [0.15, 0.2) is 64.0 Å². The molecule has 4 heterocycles. The van der Waals surface area contributed by atoms with Gasteiger partial charge in [0.15, 0.2) is 5.69 Å². The van der Waals surface area contributed by atoms with Crippen molar-refractivity contribution in [2.75, 3.05) is 5.32 Å². The van der Waals surface area contributed by atoms with Crippen LogP contribution in [0.4, 0.5) is 10.1 Å². The summed E-state index contributed by atoms with van der Waals surface area (Å²) in [6, 6.07) is 12.6. The van der Waals surface area contributed by atoms with Crippen molar-refractivity contribution in [3.05, 3.63) is 88.0 Å². The van der Waals surface area contributed by atoms with Gasteiger partial charge in [-0.3, -0.25) is 19.4 Å². The minimum absolute atomic E-state index is 0.119. The highest BCUT2D eigenvalue weighted by molar-refractivity contribution is 6.11. The Morgan fingerprint density at radius 3 is 2.58 bits per heavy atom. The van der Waals surface area contributed by atoms with Gasteiger partial charge < -0.3 is 20.1 Å². The molecule has 0 aliphatic carbocycles. The van der Waals surface area contributed by atoms with Crippen molar-refractivity contribution in [2.24, 2.45) is 12.8 Å². The number of halogens is 1. The van der Waals surface area contributed by atoms with E-state index in [0.717, 1.165) is 4.74 Å². The maximum atomic E-state index is 14.5. The summed E-state index contributed by atoms with van der Waals surface area (Å²) in [5.41, 5.74) is 8.14. The smallest absolute Gasteiger partial charge is 0.290 e. The van der Waals surface area contributed by atoms with Gasteiger partial charge in [0.25, 0.3) is 11.5 Å². The first-order valence-electron chi connectivity index (χ1n) is 11.7. The highest BCUT2D eigenvalue weighted by atomic mass is 19.1. The molecule has 4 aromatic heterocycles. The Morgan fingerprint density at radius 1 is 1.16 bits per heavy atom. The molecular formula is C27H23FN6O4. The Balaban J connectivity index is 1.57. The van der Waals surface area contributed by atoms with Crippen LogP contribution in [0.1, 0.15) is 33.5 Å². The number of carbonyl (C=O) groups excluding carboxylic acids is 2. The number of pyridine rings is 2. The molecule has 0 saturated carbocycles. The zero-order valence-corrected chi connectivity index (χ0v) is 20.8. The van der Waals surface area contributed by atoms with Crippen LogP contribution in [-0.4, -0.2) is 31.1 Å². The van der Waals surface area contributed by atoms with Gasteiger partial charge in [-0.1, -0.05) is 12.1 Å². The summed E-state index contributed by atoms with van der Waals surface area (Å²) in [7, 11) is 1.54. The molecule has 0 aliphatic rings. The van der Waals surface area contributed by atoms with Crippen molar-refractivity contribution in [2.45, 2.75) is 20.4 Å². The Bertz CT molecular complexity index is 1780. The minimum atomic E-state index is -0.817. The van der Waals surface area contributed by atoms with Gasteiger partial charge in [-0.05, 0) is 44.2 Å². The van der Waals surface area contributed by atoms with E-state index >= 15 is 0 Å². The number of nitrogens with two attached hydrogens (primary N) is 1. The molecule has 192 valence electrons. The average Bonchev–Trinajstić information content (AvgIpc) is 3.38. The Kier molecular flexibility index (Phi) is 6.11. The molecule has 5 aromatic rings. The average molecular weight is 515 g/mol. The summed E-state index contributed by atoms with van der Waals surface area (Å²) in [4.78, 5) is 45.6. The van der Waals surface area contributed by atoms with Gasteiger partial charge in [0.2, 0.25) is 11.9 Å². The lowest BCUT2D eigenvalue weighted by Crippen LogP contribution is -2.17. The number of carbonyl (C=O) groups is 2. The van der Waals surface area contributed by atoms with Crippen LogP contribution < -0.4 is 16.6 Å². The number of aryl methyl sites for hydroxylation is 3. The van der Waals surface area contributed by atoms with Crippen LogP contribution in [0.5, 0.6) is 0 Å². The van der Waals surface area contributed by atoms with Gasteiger partial charge >= 0.3 is 0 Å². The number of benzene rings is 1. The fraction of sp³-hybridized carbons (Fsp3) is 0.148. The van der Waals surface area contributed by atoms with Crippen molar-refractivity contribution < 1.29 is 18.5 Å². The highest BCUT2D eigenvalue weighted by Gasteiger charge is 2.22. The molecule has 5 rings (SSSR count). The van der Waals surface area contributed by atoms with Gasteiger partial charge in [-0.15, -0.1) is 0 Å². The lowest BCUT2D eigenvalue weighted by atomic mass is 10.1. The van der Waals surface area contributed by atoms with E-state index in [1.54, 1.807) is 43.5 Å². The standard InChI is InChI=1S/C27H23FN6O4/c1-4-34-20(19-9-8-16(13-30-19)22-14(2)38-33(3)27(22)37)11-17-12-21(28)32-23(24(17)34)26(36)31-18-7-5-6-15(10-18)25(29)35/h5-13H,4H2,1-3H3,(H2,29,35)(H,31,36). The number of anilines is 1. The van der Waals surface area contributed by atoms with Crippen LogP contribution in [0.3, 0.4) is 0 Å². The van der Waals surface area contributed by atoms with E-state index in [1.165, 1.54) is 25.2 Å². The topological polar surface area (TPSA) is 138 Å². The third-order valence-electron chi connectivity index (χ3n) is 6.22. The van der Waals surface area contributed by atoms with E-state index in [-0.39, 0.29) is 16.8 Å². The van der Waals surface area contributed by atoms with Gasteiger partial charge in [-0.25, -0.2) is 4.98 Å². The quantitative estimate of drug-likeness (QED) is 0.330. The summed E-state index contributed by atoms with van der Waals surface area (Å²) in [5.74, 6) is -1.63. The van der Waals surface area contributed by atoms with Gasteiger partial charge in [0.05, 0.1) is 22.5 Å². The maximum Gasteiger partial charge on any atom is 0.290 e. The Morgan fingerprint density at radius 2 is 1.95 bits per heavy atom. The summed E-state index contributed by atoms with van der Waals surface area (Å²) in [6.07, 6.45) is 1.57. The zero-order valence-electron chi connectivity index (χ0n) is 20.8. The number of nitrogens with zero attached hydrogens (tertiary/aromatic N) is 4. The number of nitrogens with one attached hydrogen (secondary N) is 1. The molecular weight excluding hydrogens is 491 g/mol. The van der Waals surface area contributed by atoms with Crippen molar-refractivity contribution in [3.63, 3.8) is 0 Å². The van der Waals surface area contributed by atoms with E-state index in [0.29, 0.717) is 51.4 Å². The second kappa shape index (κ2) is 9.43. The van der Waals surface area contributed by atoms with Crippen LogP contribution in [-0.2, 0) is 13.6 Å². The van der Waals surface area contributed by atoms with Crippen molar-refractivity contribution >= 4 is 28.4 Å². The summed E-state index contributed by atoms with van der Waals surface area (Å²) >= 11 is 0. The first-order valence-corrected chi connectivity index (χ1v) is 11.7. The van der Waals surface area contributed by atoms with Crippen molar-refractivity contribution in [1.82, 2.24) is 19.3 Å². The Labute approximate surface area is 215 Å². The fourth-order valence-corrected chi connectivity index (χ4v) is 4.52. The molecule has 0 saturated heterocycles. The van der Waals surface area contributed by atoms with Crippen molar-refractivity contribution in [1.29, 1.82) is 0 Å². The first-order chi connectivity index (χ1) is 18.2. The number of fused-ring (bicyclic) bond motifs is 1. The molecule has 38 heavy (non-hydrogen) atoms. The number of hydrogen-bond acceptors (Lipinski definition) is 6. The van der Waals surface area contributed by atoms with E-state index in [4.69, 9.17) is 10.3 Å². The number of rotatable bonds is 6. The summed E-state index contributed by atoms with van der Waals surface area (Å²) in [6.45, 7) is 4.03. The number of aromatic nitrogens is 4. The SMILES string of the molecule is CCn1c(-c2ccc(-c3c(C)on(C)c3=O)cn2)cc2cc(F)nc(C(=O)Nc3cccc(C(N)=O)c3)c21. The Hall–Kier alpha value is -5.06. The molecule has 0 bridgehead atoms. The van der Waals surface area contributed by atoms with E-state index in [9.17, 15) is 18.8 Å². The molecule has 3 N–H and O–H groups in total. The van der Waals surface area contributed by atoms with Crippen molar-refractivity contribution in [3.8, 4) is 22.5 Å². The molecule has 0 spiro atoms.